The van der Waals surface area contributed by atoms with Gasteiger partial charge in [-0.1, -0.05) is 19.9 Å². The van der Waals surface area contributed by atoms with Crippen LogP contribution in [-0.4, -0.2) is 0 Å². The van der Waals surface area contributed by atoms with E-state index in [1.807, 2.05) is 5.41 Å². The van der Waals surface area contributed by atoms with Crippen LogP contribution in [0.5, 0.6) is 0 Å². The van der Waals surface area contributed by atoms with Crippen molar-refractivity contribution in [3.63, 3.8) is 0 Å². The van der Waals surface area contributed by atoms with Crippen LogP contribution in [0.25, 0.3) is 0 Å². The van der Waals surface area contributed by atoms with E-state index in [2.05, 4.69) is 13.5 Å². The minimum absolute atomic E-state index is 1.09. The van der Waals surface area contributed by atoms with E-state index in [1.165, 1.54) is 17.7 Å². The molecule has 0 spiro atoms. The van der Waals surface area contributed by atoms with Gasteiger partial charge in [0.1, 0.15) is 0 Å². The summed E-state index contributed by atoms with van der Waals surface area (Å²) in [5.74, 6) is 0. The van der Waals surface area contributed by atoms with Crippen molar-refractivity contribution < 1.29 is 0 Å². The zero-order valence-electron chi connectivity index (χ0n) is 6.47. The van der Waals surface area contributed by atoms with Gasteiger partial charge in [-0.25, -0.2) is 0 Å². The minimum atomic E-state index is 1.09. The third-order valence-electron chi connectivity index (χ3n) is 1.20. The summed E-state index contributed by atoms with van der Waals surface area (Å²) < 4.78 is 0. The Kier molecular flexibility index (Phi) is 6.50. The van der Waals surface area contributed by atoms with Gasteiger partial charge in [-0.3, -0.25) is 0 Å². The van der Waals surface area contributed by atoms with E-state index in [1.54, 1.807) is 18.0 Å². The van der Waals surface area contributed by atoms with E-state index >= 15 is 0 Å². The maximum atomic E-state index is 5.37. The zero-order valence-corrected chi connectivity index (χ0v) is 7.29. The second kappa shape index (κ2) is 6.75. The molecule has 1 nitrogen and oxygen atoms in total. The summed E-state index contributed by atoms with van der Waals surface area (Å²) >= 11 is 1.62. The van der Waals surface area contributed by atoms with Gasteiger partial charge in [0.2, 0.25) is 0 Å². The maximum absolute atomic E-state index is 5.37. The molecule has 0 aliphatic carbocycles. The van der Waals surface area contributed by atoms with E-state index in [9.17, 15) is 0 Å². The van der Waals surface area contributed by atoms with Crippen molar-refractivity contribution in [2.75, 3.05) is 0 Å². The molecule has 0 fully saturated rings. The molecule has 58 valence electrons. The lowest BCUT2D eigenvalue weighted by Gasteiger charge is -1.99. The molecule has 0 amide bonds. The highest BCUT2D eigenvalue weighted by Crippen LogP contribution is 2.20. The third kappa shape index (κ3) is 4.50. The molecule has 0 atom stereocenters. The molecule has 10 heavy (non-hydrogen) atoms. The van der Waals surface area contributed by atoms with Crippen molar-refractivity contribution in [1.29, 1.82) is 0 Å². The molecule has 0 radical (unpaired) electrons. The zero-order chi connectivity index (χ0) is 7.82. The van der Waals surface area contributed by atoms with E-state index < -0.39 is 0 Å². The summed E-state index contributed by atoms with van der Waals surface area (Å²) in [5, 5.41) is 1.81. The van der Waals surface area contributed by atoms with Crippen LogP contribution in [0, 0.1) is 0 Å². The van der Waals surface area contributed by atoms with Crippen LogP contribution >= 0.6 is 11.8 Å². The monoisotopic (exact) mass is 157 g/mol. The van der Waals surface area contributed by atoms with Crippen molar-refractivity contribution in [1.82, 2.24) is 0 Å². The molecule has 0 aromatic heterocycles. The first-order valence-electron chi connectivity index (χ1n) is 3.53. The summed E-state index contributed by atoms with van der Waals surface area (Å²) in [6.45, 7) is 5.80. The van der Waals surface area contributed by atoms with Crippen molar-refractivity contribution in [3.05, 3.63) is 23.1 Å². The predicted octanol–water partition coefficient (Wildman–Crippen LogP) is 2.85. The van der Waals surface area contributed by atoms with Crippen molar-refractivity contribution >= 4 is 11.8 Å². The molecule has 0 aromatic carbocycles. The molecule has 0 saturated heterocycles. The summed E-state index contributed by atoms with van der Waals surface area (Å²) in [6, 6.07) is 0. The summed E-state index contributed by atoms with van der Waals surface area (Å²) in [6.07, 6.45) is 5.19. The van der Waals surface area contributed by atoms with Gasteiger partial charge in [0, 0.05) is 11.1 Å². The number of hydrogen-bond acceptors (Lipinski definition) is 2. The number of allylic oxidation sites excluding steroid dienone is 1. The topological polar surface area (TPSA) is 26.0 Å². The molecule has 0 rings (SSSR count). The number of nitrogens with two attached hydrogens (primary N) is 1. The van der Waals surface area contributed by atoms with Gasteiger partial charge in [0.25, 0.3) is 0 Å². The van der Waals surface area contributed by atoms with Gasteiger partial charge in [0.15, 0.2) is 0 Å². The molecule has 0 aliphatic heterocycles. The van der Waals surface area contributed by atoms with Crippen LogP contribution < -0.4 is 5.73 Å². The van der Waals surface area contributed by atoms with Crippen LogP contribution in [0.15, 0.2) is 23.1 Å². The predicted molar refractivity (Wildman–Crippen MR) is 49.6 cm³/mol. The lowest BCUT2D eigenvalue weighted by molar-refractivity contribution is 0.808. The fraction of sp³-hybridized carbons (Fsp3) is 0.500. The number of hydrogen-bond donors (Lipinski definition) is 1. The van der Waals surface area contributed by atoms with Crippen LogP contribution in [-0.2, 0) is 0 Å². The maximum Gasteiger partial charge on any atom is 0.00460 e. The van der Waals surface area contributed by atoms with Gasteiger partial charge in [-0.15, -0.1) is 11.8 Å². The Morgan fingerprint density at radius 2 is 2.40 bits per heavy atom. The normalized spacial score (nSPS) is 11.5. The van der Waals surface area contributed by atoms with Crippen LogP contribution in [0.2, 0.25) is 0 Å². The first-order valence-corrected chi connectivity index (χ1v) is 4.41. The van der Waals surface area contributed by atoms with Crippen molar-refractivity contribution in [2.45, 2.75) is 26.2 Å². The van der Waals surface area contributed by atoms with E-state index in [0.29, 0.717) is 0 Å². The van der Waals surface area contributed by atoms with Gasteiger partial charge in [-0.2, -0.15) is 0 Å². The van der Waals surface area contributed by atoms with E-state index in [0.717, 1.165) is 6.42 Å². The Labute approximate surface area is 67.4 Å². The SMILES string of the molecule is C=CS/C(=C\N)CCCC. The first-order chi connectivity index (χ1) is 4.85. The molecule has 0 unspecified atom stereocenters. The summed E-state index contributed by atoms with van der Waals surface area (Å²) in [4.78, 5) is 1.22. The fourth-order valence-electron chi connectivity index (χ4n) is 0.640. The van der Waals surface area contributed by atoms with Crippen molar-refractivity contribution in [2.24, 2.45) is 5.73 Å². The lowest BCUT2D eigenvalue weighted by Crippen LogP contribution is -1.84. The summed E-state index contributed by atoms with van der Waals surface area (Å²) in [5.41, 5.74) is 5.37. The second-order valence-corrected chi connectivity index (χ2v) is 3.11. The lowest BCUT2D eigenvalue weighted by atomic mass is 10.2. The van der Waals surface area contributed by atoms with Crippen LogP contribution in [0.1, 0.15) is 26.2 Å². The molecule has 0 bridgehead atoms. The quantitative estimate of drug-likeness (QED) is 0.664. The molecule has 0 aromatic rings. The molecule has 2 heteroatoms. The molecule has 0 saturated carbocycles. The highest BCUT2D eigenvalue weighted by Gasteiger charge is 1.92. The van der Waals surface area contributed by atoms with Gasteiger partial charge in [-0.05, 0) is 18.2 Å². The van der Waals surface area contributed by atoms with Crippen LogP contribution in [0.3, 0.4) is 0 Å². The van der Waals surface area contributed by atoms with Gasteiger partial charge in [0.05, 0.1) is 0 Å². The average Bonchev–Trinajstić information content (AvgIpc) is 1.98. The Morgan fingerprint density at radius 3 is 2.80 bits per heavy atom. The standard InChI is InChI=1S/C8H15NS/c1-3-5-6-8(7-9)10-4-2/h4,7H,2-3,5-6,9H2,1H3/b8-7-. The largest absolute Gasteiger partial charge is 0.404 e. The van der Waals surface area contributed by atoms with E-state index in [-0.39, 0.29) is 0 Å². The number of unbranched alkanes of at least 4 members (excludes halogenated alkanes) is 1. The molecular weight excluding hydrogens is 142 g/mol. The Balaban J connectivity index is 3.51. The molecule has 0 heterocycles. The minimum Gasteiger partial charge on any atom is -0.404 e. The molecule has 2 N–H and O–H groups in total. The average molecular weight is 157 g/mol. The summed E-state index contributed by atoms with van der Waals surface area (Å²) in [7, 11) is 0. The third-order valence-corrected chi connectivity index (χ3v) is 2.01. The Morgan fingerprint density at radius 1 is 1.70 bits per heavy atom. The molecular formula is C8H15NS. The second-order valence-electron chi connectivity index (χ2n) is 2.02. The number of thioether (sulfide) groups is 1. The van der Waals surface area contributed by atoms with Crippen LogP contribution in [0.4, 0.5) is 0 Å². The highest BCUT2D eigenvalue weighted by atomic mass is 32.2. The smallest absolute Gasteiger partial charge is 0.00460 e. The molecule has 0 aliphatic rings. The van der Waals surface area contributed by atoms with Gasteiger partial charge >= 0.3 is 0 Å². The van der Waals surface area contributed by atoms with Crippen molar-refractivity contribution in [3.8, 4) is 0 Å². The van der Waals surface area contributed by atoms with E-state index in [4.69, 9.17) is 5.73 Å². The highest BCUT2D eigenvalue weighted by molar-refractivity contribution is 8.05. The Bertz CT molecular complexity index is 118. The first kappa shape index (κ1) is 9.63. The van der Waals surface area contributed by atoms with Gasteiger partial charge < -0.3 is 5.73 Å². The fourth-order valence-corrected chi connectivity index (χ4v) is 1.19. The number of rotatable bonds is 5. The Hall–Kier alpha value is -0.370.